The Kier molecular flexibility index (Phi) is 5.97. The summed E-state index contributed by atoms with van der Waals surface area (Å²) in [6.07, 6.45) is 7.75. The summed E-state index contributed by atoms with van der Waals surface area (Å²) in [5.74, 6) is -0.428. The van der Waals surface area contributed by atoms with E-state index in [4.69, 9.17) is 10.7 Å². The first-order chi connectivity index (χ1) is 17.5. The lowest BCUT2D eigenvalue weighted by Crippen LogP contribution is -2.30. The minimum absolute atomic E-state index is 0.186. The van der Waals surface area contributed by atoms with Crippen molar-refractivity contribution < 1.29 is 9.59 Å². The largest absolute Gasteiger partial charge is 0.365 e. The Bertz CT molecular complexity index is 1570. The fraction of sp³-hybridized carbons (Fsp3) is 0.333. The fourth-order valence-corrected chi connectivity index (χ4v) is 7.98. The maximum atomic E-state index is 13.9. The molecule has 1 aromatic carbocycles. The third-order valence-corrected chi connectivity index (χ3v) is 9.47. The van der Waals surface area contributed by atoms with E-state index in [0.29, 0.717) is 21.8 Å². The number of carbonyl (C=O) groups is 2. The Labute approximate surface area is 216 Å². The summed E-state index contributed by atoms with van der Waals surface area (Å²) >= 11 is 3.02. The van der Waals surface area contributed by atoms with Gasteiger partial charge in [-0.15, -0.1) is 22.7 Å². The molecule has 0 unspecified atom stereocenters. The quantitative estimate of drug-likeness (QED) is 0.400. The molecule has 0 saturated carbocycles. The first-order valence-electron chi connectivity index (χ1n) is 12.4. The lowest BCUT2D eigenvalue weighted by molar-refractivity contribution is -0.116. The normalized spacial score (nSPS) is 14.9. The van der Waals surface area contributed by atoms with Crippen molar-refractivity contribution >= 4 is 49.7 Å². The van der Waals surface area contributed by atoms with Crippen LogP contribution in [0.1, 0.15) is 56.9 Å². The van der Waals surface area contributed by atoms with Crippen molar-refractivity contribution in [2.45, 2.75) is 57.9 Å². The number of thiophene rings is 2. The number of anilines is 1. The molecular weight excluding hydrogens is 492 g/mol. The minimum atomic E-state index is -0.528. The van der Waals surface area contributed by atoms with Crippen molar-refractivity contribution in [1.82, 2.24) is 9.55 Å². The zero-order chi connectivity index (χ0) is 24.8. The van der Waals surface area contributed by atoms with Crippen molar-refractivity contribution in [2.75, 3.05) is 5.32 Å². The molecule has 3 aromatic heterocycles. The van der Waals surface area contributed by atoms with E-state index in [-0.39, 0.29) is 18.0 Å². The van der Waals surface area contributed by atoms with Gasteiger partial charge in [0.25, 0.3) is 11.5 Å². The van der Waals surface area contributed by atoms with Gasteiger partial charge in [0.05, 0.1) is 10.9 Å². The molecule has 2 aliphatic carbocycles. The molecule has 2 amide bonds. The van der Waals surface area contributed by atoms with Crippen LogP contribution in [0.3, 0.4) is 0 Å². The lowest BCUT2D eigenvalue weighted by atomic mass is 9.95. The smallest absolute Gasteiger partial charge is 0.263 e. The van der Waals surface area contributed by atoms with Crippen LogP contribution in [0.4, 0.5) is 5.00 Å². The second-order valence-electron chi connectivity index (χ2n) is 9.41. The monoisotopic (exact) mass is 518 g/mol. The van der Waals surface area contributed by atoms with Crippen molar-refractivity contribution in [3.63, 3.8) is 0 Å². The Morgan fingerprint density at radius 1 is 0.944 bits per heavy atom. The van der Waals surface area contributed by atoms with Gasteiger partial charge in [0.1, 0.15) is 22.2 Å². The van der Waals surface area contributed by atoms with Crippen LogP contribution in [-0.4, -0.2) is 21.4 Å². The second-order valence-corrected chi connectivity index (χ2v) is 11.6. The van der Waals surface area contributed by atoms with E-state index in [0.717, 1.165) is 77.8 Å². The van der Waals surface area contributed by atoms with Gasteiger partial charge in [-0.1, -0.05) is 30.3 Å². The molecule has 36 heavy (non-hydrogen) atoms. The number of primary amides is 1. The molecule has 0 radical (unpaired) electrons. The van der Waals surface area contributed by atoms with Gasteiger partial charge in [-0.25, -0.2) is 4.98 Å². The third kappa shape index (κ3) is 3.96. The van der Waals surface area contributed by atoms with Gasteiger partial charge in [-0.3, -0.25) is 19.0 Å². The first kappa shape index (κ1) is 23.1. The maximum absolute atomic E-state index is 13.9. The molecule has 0 bridgehead atoms. The maximum Gasteiger partial charge on any atom is 0.263 e. The van der Waals surface area contributed by atoms with Gasteiger partial charge < -0.3 is 11.1 Å². The van der Waals surface area contributed by atoms with Gasteiger partial charge in [0.2, 0.25) is 5.91 Å². The SMILES string of the molecule is NC(=O)c1c(NC(=O)Cn2c(-c3ccccc3)nc3sc4c(c3c2=O)CCCC4)sc2c1CCCC2. The van der Waals surface area contributed by atoms with Crippen LogP contribution < -0.4 is 16.6 Å². The molecule has 2 aliphatic rings. The number of nitrogens with two attached hydrogens (primary N) is 1. The number of nitrogens with zero attached hydrogens (tertiary/aromatic N) is 2. The summed E-state index contributed by atoms with van der Waals surface area (Å²) in [6.45, 7) is -0.197. The van der Waals surface area contributed by atoms with Crippen LogP contribution in [0, 0.1) is 0 Å². The summed E-state index contributed by atoms with van der Waals surface area (Å²) in [4.78, 5) is 47.4. The van der Waals surface area contributed by atoms with Gasteiger partial charge in [0, 0.05) is 15.3 Å². The van der Waals surface area contributed by atoms with Gasteiger partial charge in [-0.05, 0) is 62.5 Å². The number of hydrogen-bond acceptors (Lipinski definition) is 6. The highest BCUT2D eigenvalue weighted by molar-refractivity contribution is 7.18. The van der Waals surface area contributed by atoms with E-state index in [2.05, 4.69) is 5.32 Å². The molecule has 4 aromatic rings. The standard InChI is InChI=1S/C27H26N4O3S2/c28-23(33)21-16-10-4-6-12-18(16)35-25(21)29-20(32)14-31-24(15-8-2-1-3-9-15)30-26-22(27(31)34)17-11-5-7-13-19(17)36-26/h1-3,8-9H,4-7,10-14H2,(H2,28,33)(H,29,32). The molecule has 9 heteroatoms. The van der Waals surface area contributed by atoms with E-state index < -0.39 is 5.91 Å². The number of hydrogen-bond donors (Lipinski definition) is 2. The van der Waals surface area contributed by atoms with Crippen LogP contribution in [0.2, 0.25) is 0 Å². The lowest BCUT2D eigenvalue weighted by Gasteiger charge is -2.14. The number of nitrogens with one attached hydrogen (secondary N) is 1. The highest BCUT2D eigenvalue weighted by Gasteiger charge is 2.27. The minimum Gasteiger partial charge on any atom is -0.365 e. The van der Waals surface area contributed by atoms with E-state index in [1.54, 1.807) is 11.3 Å². The van der Waals surface area contributed by atoms with Crippen molar-refractivity contribution in [3.05, 3.63) is 67.1 Å². The molecule has 0 fully saturated rings. The van der Waals surface area contributed by atoms with E-state index >= 15 is 0 Å². The molecule has 3 heterocycles. The van der Waals surface area contributed by atoms with Crippen molar-refractivity contribution in [1.29, 1.82) is 0 Å². The Morgan fingerprint density at radius 2 is 1.61 bits per heavy atom. The number of aromatic nitrogens is 2. The molecule has 0 atom stereocenters. The predicted molar refractivity (Wildman–Crippen MR) is 144 cm³/mol. The Hall–Kier alpha value is -3.30. The molecule has 7 nitrogen and oxygen atoms in total. The molecule has 184 valence electrons. The molecule has 3 N–H and O–H groups in total. The number of fused-ring (bicyclic) bond motifs is 4. The van der Waals surface area contributed by atoms with E-state index in [1.165, 1.54) is 20.8 Å². The van der Waals surface area contributed by atoms with Crippen LogP contribution in [-0.2, 0) is 37.0 Å². The van der Waals surface area contributed by atoms with Crippen LogP contribution in [0.5, 0.6) is 0 Å². The van der Waals surface area contributed by atoms with E-state index in [9.17, 15) is 14.4 Å². The highest BCUT2D eigenvalue weighted by atomic mass is 32.1. The summed E-state index contributed by atoms with van der Waals surface area (Å²) < 4.78 is 1.48. The fourth-order valence-electron chi connectivity index (χ4n) is 5.42. The van der Waals surface area contributed by atoms with Crippen molar-refractivity contribution in [3.8, 4) is 11.4 Å². The predicted octanol–water partition coefficient (Wildman–Crippen LogP) is 4.68. The topological polar surface area (TPSA) is 107 Å². The average Bonchev–Trinajstić information content (AvgIpc) is 3.44. The zero-order valence-corrected chi connectivity index (χ0v) is 21.4. The molecular formula is C27H26N4O3S2. The number of amides is 2. The van der Waals surface area contributed by atoms with Gasteiger partial charge >= 0.3 is 0 Å². The van der Waals surface area contributed by atoms with Crippen LogP contribution in [0.25, 0.3) is 21.6 Å². The van der Waals surface area contributed by atoms with E-state index in [1.807, 2.05) is 30.3 Å². The molecule has 0 aliphatic heterocycles. The number of rotatable bonds is 5. The van der Waals surface area contributed by atoms with Crippen molar-refractivity contribution in [2.24, 2.45) is 5.73 Å². The summed E-state index contributed by atoms with van der Waals surface area (Å²) in [6, 6.07) is 9.49. The zero-order valence-electron chi connectivity index (χ0n) is 19.8. The van der Waals surface area contributed by atoms with Gasteiger partial charge in [-0.2, -0.15) is 0 Å². The van der Waals surface area contributed by atoms with Crippen LogP contribution >= 0.6 is 22.7 Å². The average molecular weight is 519 g/mol. The summed E-state index contributed by atoms with van der Waals surface area (Å²) in [5.41, 5.74) is 8.77. The molecule has 0 saturated heterocycles. The Morgan fingerprint density at radius 3 is 2.33 bits per heavy atom. The van der Waals surface area contributed by atoms with Gasteiger partial charge in [0.15, 0.2) is 0 Å². The number of benzene rings is 1. The molecule has 6 rings (SSSR count). The highest BCUT2D eigenvalue weighted by Crippen LogP contribution is 2.38. The second kappa shape index (κ2) is 9.29. The molecule has 0 spiro atoms. The van der Waals surface area contributed by atoms with Crippen LogP contribution in [0.15, 0.2) is 35.1 Å². The third-order valence-electron chi connectivity index (χ3n) is 7.08. The first-order valence-corrected chi connectivity index (χ1v) is 14.0. The summed E-state index contributed by atoms with van der Waals surface area (Å²) in [7, 11) is 0. The number of carbonyl (C=O) groups excluding carboxylic acids is 2. The Balaban J connectivity index is 1.42. The number of aryl methyl sites for hydroxylation is 3. The summed E-state index contributed by atoms with van der Waals surface area (Å²) in [5, 5.41) is 4.03.